The molecule has 1 aromatic rings. The summed E-state index contributed by atoms with van der Waals surface area (Å²) in [6.07, 6.45) is 1.58. The van der Waals surface area contributed by atoms with E-state index in [1.807, 2.05) is 0 Å². The maximum Gasteiger partial charge on any atom is 0.282 e. The van der Waals surface area contributed by atoms with Gasteiger partial charge in [-0.2, -0.15) is 0 Å². The van der Waals surface area contributed by atoms with Crippen LogP contribution in [0.15, 0.2) is 22.9 Å². The Morgan fingerprint density at radius 2 is 2.08 bits per heavy atom. The number of hydrogen-bond donors (Lipinski definition) is 0. The number of nitrogens with zero attached hydrogens (tertiary/aromatic N) is 2. The van der Waals surface area contributed by atoms with Crippen molar-refractivity contribution in [2.45, 2.75) is 5.92 Å². The zero-order valence-electron chi connectivity index (χ0n) is 6.67. The van der Waals surface area contributed by atoms with Crippen LogP contribution >= 0.6 is 15.9 Å². The number of halogens is 3. The topological polar surface area (TPSA) is 16.1 Å². The predicted molar refractivity (Wildman–Crippen MR) is 49.1 cm³/mol. The van der Waals surface area contributed by atoms with Crippen molar-refractivity contribution in [1.29, 1.82) is 0 Å². The van der Waals surface area contributed by atoms with Gasteiger partial charge >= 0.3 is 0 Å². The second-order valence-electron chi connectivity index (χ2n) is 3.05. The molecular formula is C8H7BrF2N2. The van der Waals surface area contributed by atoms with Gasteiger partial charge in [0.05, 0.1) is 25.0 Å². The van der Waals surface area contributed by atoms with E-state index in [9.17, 15) is 8.78 Å². The first-order chi connectivity index (χ1) is 6.07. The van der Waals surface area contributed by atoms with Crippen molar-refractivity contribution in [2.75, 3.05) is 18.0 Å². The average Bonchev–Trinajstić information content (AvgIpc) is 2.01. The molecule has 5 heteroatoms. The van der Waals surface area contributed by atoms with Crippen molar-refractivity contribution in [1.82, 2.24) is 4.98 Å². The molecule has 0 spiro atoms. The SMILES string of the molecule is FC1(F)CN(c2ccc(Br)nc2)C1. The highest BCUT2D eigenvalue weighted by Crippen LogP contribution is 2.31. The molecule has 13 heavy (non-hydrogen) atoms. The summed E-state index contributed by atoms with van der Waals surface area (Å²) in [5.41, 5.74) is 0.745. The average molecular weight is 249 g/mol. The number of hydrogen-bond acceptors (Lipinski definition) is 2. The summed E-state index contributed by atoms with van der Waals surface area (Å²) >= 11 is 3.18. The minimum Gasteiger partial charge on any atom is -0.358 e. The second kappa shape index (κ2) is 2.90. The molecule has 1 saturated heterocycles. The number of alkyl halides is 2. The fourth-order valence-corrected chi connectivity index (χ4v) is 1.48. The molecule has 0 bridgehead atoms. The van der Waals surface area contributed by atoms with Gasteiger partial charge in [-0.1, -0.05) is 0 Å². The van der Waals surface area contributed by atoms with Crippen LogP contribution in [-0.2, 0) is 0 Å². The molecule has 1 aliphatic heterocycles. The predicted octanol–water partition coefficient (Wildman–Crippen LogP) is 2.30. The van der Waals surface area contributed by atoms with Crippen LogP contribution in [0.3, 0.4) is 0 Å². The molecule has 0 amide bonds. The van der Waals surface area contributed by atoms with Crippen molar-refractivity contribution in [2.24, 2.45) is 0 Å². The largest absolute Gasteiger partial charge is 0.358 e. The Labute approximate surface area is 82.7 Å². The van der Waals surface area contributed by atoms with Gasteiger partial charge in [0.1, 0.15) is 4.60 Å². The quantitative estimate of drug-likeness (QED) is 0.710. The monoisotopic (exact) mass is 248 g/mol. The van der Waals surface area contributed by atoms with Crippen LogP contribution in [0.2, 0.25) is 0 Å². The standard InChI is InChI=1S/C8H7BrF2N2/c9-7-2-1-6(3-12-7)13-4-8(10,11)5-13/h1-3H,4-5H2. The lowest BCUT2D eigenvalue weighted by atomic mass is 10.1. The fourth-order valence-electron chi connectivity index (χ4n) is 1.25. The molecule has 1 aliphatic rings. The summed E-state index contributed by atoms with van der Waals surface area (Å²) in [5, 5.41) is 0. The summed E-state index contributed by atoms with van der Waals surface area (Å²) in [7, 11) is 0. The minimum atomic E-state index is -2.52. The Morgan fingerprint density at radius 3 is 2.54 bits per heavy atom. The molecule has 0 aromatic carbocycles. The van der Waals surface area contributed by atoms with Gasteiger partial charge in [-0.3, -0.25) is 0 Å². The molecule has 0 N–H and O–H groups in total. The summed E-state index contributed by atoms with van der Waals surface area (Å²) in [5.74, 6) is -2.52. The van der Waals surface area contributed by atoms with E-state index in [1.54, 1.807) is 23.2 Å². The van der Waals surface area contributed by atoms with Crippen LogP contribution in [0.4, 0.5) is 14.5 Å². The van der Waals surface area contributed by atoms with Crippen LogP contribution in [-0.4, -0.2) is 24.0 Å². The van der Waals surface area contributed by atoms with Crippen LogP contribution in [0, 0.1) is 0 Å². The maximum absolute atomic E-state index is 12.5. The molecule has 2 rings (SSSR count). The van der Waals surface area contributed by atoms with E-state index in [1.165, 1.54) is 0 Å². The highest BCUT2D eigenvalue weighted by Gasteiger charge is 2.43. The van der Waals surface area contributed by atoms with Crippen LogP contribution < -0.4 is 4.90 Å². The molecule has 1 fully saturated rings. The lowest BCUT2D eigenvalue weighted by molar-refractivity contribution is -0.0262. The molecule has 2 nitrogen and oxygen atoms in total. The summed E-state index contributed by atoms with van der Waals surface area (Å²) in [4.78, 5) is 5.56. The van der Waals surface area contributed by atoms with Gasteiger partial charge in [0.25, 0.3) is 5.92 Å². The van der Waals surface area contributed by atoms with Gasteiger partial charge in [-0.25, -0.2) is 13.8 Å². The molecular weight excluding hydrogens is 242 g/mol. The van der Waals surface area contributed by atoms with Gasteiger partial charge < -0.3 is 4.90 Å². The molecule has 0 radical (unpaired) electrons. The zero-order chi connectivity index (χ0) is 9.47. The van der Waals surface area contributed by atoms with Gasteiger partial charge in [0.15, 0.2) is 0 Å². The third-order valence-corrected chi connectivity index (χ3v) is 2.39. The highest BCUT2D eigenvalue weighted by atomic mass is 79.9. The van der Waals surface area contributed by atoms with Crippen LogP contribution in [0.25, 0.3) is 0 Å². The van der Waals surface area contributed by atoms with E-state index in [4.69, 9.17) is 0 Å². The van der Waals surface area contributed by atoms with E-state index in [-0.39, 0.29) is 13.1 Å². The van der Waals surface area contributed by atoms with E-state index < -0.39 is 5.92 Å². The maximum atomic E-state index is 12.5. The Hall–Kier alpha value is -0.710. The van der Waals surface area contributed by atoms with Gasteiger partial charge in [0, 0.05) is 0 Å². The Morgan fingerprint density at radius 1 is 1.38 bits per heavy atom. The number of pyridine rings is 1. The van der Waals surface area contributed by atoms with Gasteiger partial charge in [0.2, 0.25) is 0 Å². The summed E-state index contributed by atoms with van der Waals surface area (Å²) in [6.45, 7) is -0.396. The third kappa shape index (κ3) is 1.80. The van der Waals surface area contributed by atoms with E-state index in [2.05, 4.69) is 20.9 Å². The molecule has 0 unspecified atom stereocenters. The molecule has 0 saturated carbocycles. The van der Waals surface area contributed by atoms with E-state index >= 15 is 0 Å². The van der Waals surface area contributed by atoms with E-state index in [0.29, 0.717) is 4.60 Å². The fraction of sp³-hybridized carbons (Fsp3) is 0.375. The lowest BCUT2D eigenvalue weighted by Gasteiger charge is -2.40. The van der Waals surface area contributed by atoms with Gasteiger partial charge in [-0.05, 0) is 28.1 Å². The van der Waals surface area contributed by atoms with E-state index in [0.717, 1.165) is 5.69 Å². The number of rotatable bonds is 1. The molecule has 0 atom stereocenters. The smallest absolute Gasteiger partial charge is 0.282 e. The van der Waals surface area contributed by atoms with Crippen molar-refractivity contribution in [3.05, 3.63) is 22.9 Å². The Kier molecular flexibility index (Phi) is 1.98. The van der Waals surface area contributed by atoms with Crippen molar-refractivity contribution in [3.63, 3.8) is 0 Å². The number of aromatic nitrogens is 1. The first kappa shape index (κ1) is 8.87. The second-order valence-corrected chi connectivity index (χ2v) is 3.86. The summed E-state index contributed by atoms with van der Waals surface area (Å²) < 4.78 is 25.7. The van der Waals surface area contributed by atoms with Crippen molar-refractivity contribution >= 4 is 21.6 Å². The molecule has 0 aliphatic carbocycles. The molecule has 2 heterocycles. The van der Waals surface area contributed by atoms with Gasteiger partial charge in [-0.15, -0.1) is 0 Å². The zero-order valence-corrected chi connectivity index (χ0v) is 8.26. The van der Waals surface area contributed by atoms with Crippen LogP contribution in [0.1, 0.15) is 0 Å². The summed E-state index contributed by atoms with van der Waals surface area (Å²) in [6, 6.07) is 3.51. The Bertz CT molecular complexity index is 304. The first-order valence-electron chi connectivity index (χ1n) is 3.81. The third-order valence-electron chi connectivity index (χ3n) is 1.92. The minimum absolute atomic E-state index is 0.198. The highest BCUT2D eigenvalue weighted by molar-refractivity contribution is 9.10. The first-order valence-corrected chi connectivity index (χ1v) is 4.60. The van der Waals surface area contributed by atoms with Crippen LogP contribution in [0.5, 0.6) is 0 Å². The Balaban J connectivity index is 2.08. The molecule has 70 valence electrons. The lowest BCUT2D eigenvalue weighted by Crippen LogP contribution is -2.56. The number of anilines is 1. The normalized spacial score (nSPS) is 19.8. The van der Waals surface area contributed by atoms with Crippen molar-refractivity contribution in [3.8, 4) is 0 Å². The molecule has 1 aromatic heterocycles. The van der Waals surface area contributed by atoms with Crippen molar-refractivity contribution < 1.29 is 8.78 Å².